The quantitative estimate of drug-likeness (QED) is 0.493. The van der Waals surface area contributed by atoms with Gasteiger partial charge in [0.05, 0.1) is 18.0 Å². The van der Waals surface area contributed by atoms with E-state index in [2.05, 4.69) is 10.5 Å². The number of hydrogen-bond donors (Lipinski definition) is 3. The molecule has 0 unspecified atom stereocenters. The smallest absolute Gasteiger partial charge is 0.206 e. The lowest BCUT2D eigenvalue weighted by molar-refractivity contribution is 0.367. The molecule has 0 bridgehead atoms. The molecule has 3 N–H and O–H groups in total. The van der Waals surface area contributed by atoms with Crippen molar-refractivity contribution in [2.24, 2.45) is 10.1 Å². The third-order valence-electron chi connectivity index (χ3n) is 6.08. The lowest BCUT2D eigenvalue weighted by Gasteiger charge is -2.21. The second-order valence-electron chi connectivity index (χ2n) is 8.13. The van der Waals surface area contributed by atoms with E-state index in [1.807, 2.05) is 4.68 Å². The van der Waals surface area contributed by atoms with Crippen LogP contribution in [0.4, 0.5) is 0 Å². The van der Waals surface area contributed by atoms with Crippen molar-refractivity contribution in [3.05, 3.63) is 33.6 Å². The van der Waals surface area contributed by atoms with Crippen LogP contribution in [0.5, 0.6) is 17.2 Å². The molecule has 0 aliphatic heterocycles. The van der Waals surface area contributed by atoms with E-state index in [-0.39, 0.29) is 11.5 Å². The van der Waals surface area contributed by atoms with Crippen molar-refractivity contribution in [1.82, 2.24) is 4.68 Å². The molecule has 1 aromatic carbocycles. The van der Waals surface area contributed by atoms with Crippen molar-refractivity contribution in [2.45, 2.75) is 76.2 Å². The van der Waals surface area contributed by atoms with Crippen LogP contribution < -0.4 is 4.80 Å². The van der Waals surface area contributed by atoms with Crippen LogP contribution in [0.15, 0.2) is 27.6 Å². The number of hydrogen-bond acceptors (Lipinski definition) is 6. The molecule has 2 aliphatic carbocycles. The summed E-state index contributed by atoms with van der Waals surface area (Å²) in [5.41, 5.74) is 1.54. The fourth-order valence-corrected chi connectivity index (χ4v) is 5.35. The maximum absolute atomic E-state index is 10.1. The molecule has 0 atom stereocenters. The van der Waals surface area contributed by atoms with Gasteiger partial charge in [0.2, 0.25) is 10.6 Å². The van der Waals surface area contributed by atoms with Gasteiger partial charge in [0, 0.05) is 16.9 Å². The standard InChI is InChI=1S/C22H29N3O3S/c26-19-12-11-16(20(27)21(19)28)13-23-25-18(15-7-3-1-4-8-15)14-29-22(25)24-17-9-5-2-6-10-17/h11-15,17,26-28H,1-10H2. The summed E-state index contributed by atoms with van der Waals surface area (Å²) in [6.07, 6.45) is 13.7. The van der Waals surface area contributed by atoms with Gasteiger partial charge in [0.25, 0.3) is 0 Å². The fraction of sp³-hybridized carbons (Fsp3) is 0.545. The Morgan fingerprint density at radius 2 is 1.59 bits per heavy atom. The largest absolute Gasteiger partial charge is 0.504 e. The van der Waals surface area contributed by atoms with Crippen molar-refractivity contribution in [2.75, 3.05) is 0 Å². The zero-order chi connectivity index (χ0) is 20.2. The minimum Gasteiger partial charge on any atom is -0.504 e. The first kappa shape index (κ1) is 20.0. The summed E-state index contributed by atoms with van der Waals surface area (Å²) in [5, 5.41) is 36.3. The molecule has 2 aromatic rings. The van der Waals surface area contributed by atoms with E-state index in [0.29, 0.717) is 17.5 Å². The lowest BCUT2D eigenvalue weighted by atomic mass is 9.87. The Labute approximate surface area is 174 Å². The van der Waals surface area contributed by atoms with E-state index in [0.717, 1.165) is 17.6 Å². The molecule has 0 saturated heterocycles. The van der Waals surface area contributed by atoms with Gasteiger partial charge < -0.3 is 15.3 Å². The summed E-state index contributed by atoms with van der Waals surface area (Å²) in [4.78, 5) is 5.92. The van der Waals surface area contributed by atoms with Gasteiger partial charge in [-0.15, -0.1) is 11.3 Å². The molecule has 1 aromatic heterocycles. The van der Waals surface area contributed by atoms with E-state index in [9.17, 15) is 15.3 Å². The van der Waals surface area contributed by atoms with E-state index in [1.54, 1.807) is 17.4 Å². The van der Waals surface area contributed by atoms with Crippen LogP contribution in [-0.4, -0.2) is 32.3 Å². The Morgan fingerprint density at radius 3 is 2.31 bits per heavy atom. The number of phenolic OH excluding ortho intramolecular Hbond substituents is 3. The Hall–Kier alpha value is -2.28. The van der Waals surface area contributed by atoms with E-state index >= 15 is 0 Å². The van der Waals surface area contributed by atoms with Crippen LogP contribution in [0, 0.1) is 0 Å². The summed E-state index contributed by atoms with van der Waals surface area (Å²) in [7, 11) is 0. The number of rotatable bonds is 4. The molecule has 29 heavy (non-hydrogen) atoms. The van der Waals surface area contributed by atoms with Crippen molar-refractivity contribution in [3.63, 3.8) is 0 Å². The van der Waals surface area contributed by atoms with Gasteiger partial charge in [-0.25, -0.2) is 4.68 Å². The van der Waals surface area contributed by atoms with E-state index < -0.39 is 5.75 Å². The molecular weight excluding hydrogens is 386 g/mol. The molecule has 1 heterocycles. The number of benzene rings is 1. The van der Waals surface area contributed by atoms with Crippen molar-refractivity contribution >= 4 is 17.6 Å². The van der Waals surface area contributed by atoms with E-state index in [4.69, 9.17) is 4.99 Å². The third-order valence-corrected chi connectivity index (χ3v) is 6.92. The average Bonchev–Trinajstić information content (AvgIpc) is 3.15. The summed E-state index contributed by atoms with van der Waals surface area (Å²) in [6.45, 7) is 0. The molecule has 0 spiro atoms. The minimum absolute atomic E-state index is 0.348. The van der Waals surface area contributed by atoms with Gasteiger partial charge in [0.1, 0.15) is 0 Å². The van der Waals surface area contributed by atoms with Crippen LogP contribution >= 0.6 is 11.3 Å². The molecule has 4 rings (SSSR count). The molecule has 2 fully saturated rings. The van der Waals surface area contributed by atoms with Gasteiger partial charge >= 0.3 is 0 Å². The molecule has 0 amide bonds. The highest BCUT2D eigenvalue weighted by Crippen LogP contribution is 2.36. The topological polar surface area (TPSA) is 90.3 Å². The number of phenols is 3. The van der Waals surface area contributed by atoms with E-state index in [1.165, 1.54) is 69.3 Å². The first-order chi connectivity index (χ1) is 14.1. The van der Waals surface area contributed by atoms with Gasteiger partial charge in [-0.3, -0.25) is 4.99 Å². The second kappa shape index (κ2) is 9.03. The maximum Gasteiger partial charge on any atom is 0.206 e. The summed E-state index contributed by atoms with van der Waals surface area (Å²) in [5.74, 6) is -0.758. The van der Waals surface area contributed by atoms with Crippen molar-refractivity contribution in [1.29, 1.82) is 0 Å². The molecule has 7 heteroatoms. The first-order valence-corrected chi connectivity index (χ1v) is 11.5. The molecule has 0 radical (unpaired) electrons. The highest BCUT2D eigenvalue weighted by molar-refractivity contribution is 7.07. The van der Waals surface area contributed by atoms with Crippen LogP contribution in [0.2, 0.25) is 0 Å². The SMILES string of the molecule is Oc1ccc(C=Nn2c(C3CCCCC3)csc2=NC2CCCCC2)c(O)c1O. The van der Waals surface area contributed by atoms with Crippen molar-refractivity contribution in [3.8, 4) is 17.2 Å². The second-order valence-corrected chi connectivity index (χ2v) is 8.96. The number of aromatic nitrogens is 1. The third kappa shape index (κ3) is 4.50. The Morgan fingerprint density at radius 1 is 0.897 bits per heavy atom. The Balaban J connectivity index is 1.71. The summed E-state index contributed by atoms with van der Waals surface area (Å²) < 4.78 is 1.93. The number of aromatic hydroxyl groups is 3. The predicted molar refractivity (Wildman–Crippen MR) is 115 cm³/mol. The summed E-state index contributed by atoms with van der Waals surface area (Å²) >= 11 is 1.64. The number of nitrogens with zero attached hydrogens (tertiary/aromatic N) is 3. The van der Waals surface area contributed by atoms with Gasteiger partial charge in [-0.1, -0.05) is 38.5 Å². The normalized spacial score (nSPS) is 19.9. The molecule has 6 nitrogen and oxygen atoms in total. The Kier molecular flexibility index (Phi) is 6.23. The van der Waals surface area contributed by atoms with Gasteiger partial charge in [-0.05, 0) is 37.8 Å². The zero-order valence-electron chi connectivity index (χ0n) is 16.6. The first-order valence-electron chi connectivity index (χ1n) is 10.7. The summed E-state index contributed by atoms with van der Waals surface area (Å²) in [6, 6.07) is 3.25. The molecule has 156 valence electrons. The molecule has 2 saturated carbocycles. The van der Waals surface area contributed by atoms with Crippen LogP contribution in [0.1, 0.15) is 81.4 Å². The van der Waals surface area contributed by atoms with Gasteiger partial charge in [0.15, 0.2) is 11.5 Å². The van der Waals surface area contributed by atoms with Gasteiger partial charge in [-0.2, -0.15) is 5.10 Å². The predicted octanol–water partition coefficient (Wildman–Crippen LogP) is 4.83. The fourth-order valence-electron chi connectivity index (χ4n) is 4.37. The van der Waals surface area contributed by atoms with Crippen LogP contribution in [0.3, 0.4) is 0 Å². The maximum atomic E-state index is 10.1. The monoisotopic (exact) mass is 415 g/mol. The molecule has 2 aliphatic rings. The Bertz CT molecular complexity index is 935. The number of thiazole rings is 1. The molecular formula is C22H29N3O3S. The minimum atomic E-state index is -0.524. The highest BCUT2D eigenvalue weighted by atomic mass is 32.1. The lowest BCUT2D eigenvalue weighted by Crippen LogP contribution is -2.21. The highest BCUT2D eigenvalue weighted by Gasteiger charge is 2.21. The zero-order valence-corrected chi connectivity index (χ0v) is 17.4. The van der Waals surface area contributed by atoms with Crippen LogP contribution in [0.25, 0.3) is 0 Å². The van der Waals surface area contributed by atoms with Crippen molar-refractivity contribution < 1.29 is 15.3 Å². The van der Waals surface area contributed by atoms with Crippen LogP contribution in [-0.2, 0) is 0 Å². The average molecular weight is 416 g/mol.